The van der Waals surface area contributed by atoms with Gasteiger partial charge in [0.25, 0.3) is 5.03 Å². The molecule has 0 fully saturated rings. The van der Waals surface area contributed by atoms with Crippen LogP contribution >= 0.6 is 11.8 Å². The summed E-state index contributed by atoms with van der Waals surface area (Å²) in [5.74, 6) is 0.518. The summed E-state index contributed by atoms with van der Waals surface area (Å²) in [5.41, 5.74) is 0. The molecule has 0 bridgehead atoms. The van der Waals surface area contributed by atoms with Gasteiger partial charge in [-0.1, -0.05) is 0 Å². The SMILES string of the molecule is CC(C)OCSc1cccc[n+]1[O-]. The smallest absolute Gasteiger partial charge is 0.253 e. The Balaban J connectivity index is 2.41. The van der Waals surface area contributed by atoms with Crippen LogP contribution in [0.3, 0.4) is 0 Å². The zero-order chi connectivity index (χ0) is 9.68. The molecule has 0 atom stereocenters. The molecule has 72 valence electrons. The van der Waals surface area contributed by atoms with Crippen LogP contribution in [0.1, 0.15) is 13.8 Å². The Morgan fingerprint density at radius 3 is 2.92 bits per heavy atom. The highest BCUT2D eigenvalue weighted by molar-refractivity contribution is 7.99. The number of aromatic nitrogens is 1. The van der Waals surface area contributed by atoms with Crippen molar-refractivity contribution in [2.24, 2.45) is 0 Å². The number of rotatable bonds is 4. The fourth-order valence-electron chi connectivity index (χ4n) is 0.755. The summed E-state index contributed by atoms with van der Waals surface area (Å²) < 4.78 is 6.15. The van der Waals surface area contributed by atoms with Gasteiger partial charge in [0, 0.05) is 12.1 Å². The highest BCUT2D eigenvalue weighted by Crippen LogP contribution is 2.12. The summed E-state index contributed by atoms with van der Waals surface area (Å²) in [6.07, 6.45) is 1.69. The molecule has 0 aliphatic carbocycles. The molecule has 1 heterocycles. The molecule has 0 aromatic carbocycles. The van der Waals surface area contributed by atoms with E-state index in [0.29, 0.717) is 11.0 Å². The fraction of sp³-hybridized carbons (Fsp3) is 0.444. The van der Waals surface area contributed by atoms with Crippen LogP contribution in [0.5, 0.6) is 0 Å². The van der Waals surface area contributed by atoms with Crippen molar-refractivity contribution in [2.75, 3.05) is 5.94 Å². The predicted molar refractivity (Wildman–Crippen MR) is 52.3 cm³/mol. The van der Waals surface area contributed by atoms with E-state index in [1.807, 2.05) is 19.9 Å². The van der Waals surface area contributed by atoms with Gasteiger partial charge in [-0.25, -0.2) is 0 Å². The third kappa shape index (κ3) is 3.65. The van der Waals surface area contributed by atoms with E-state index in [4.69, 9.17) is 4.74 Å². The molecule has 1 aromatic heterocycles. The molecular weight excluding hydrogens is 186 g/mol. The molecule has 0 spiro atoms. The summed E-state index contributed by atoms with van der Waals surface area (Å²) in [6.45, 7) is 3.94. The van der Waals surface area contributed by atoms with Gasteiger partial charge in [0.1, 0.15) is 5.94 Å². The molecule has 0 saturated carbocycles. The second-order valence-corrected chi connectivity index (χ2v) is 3.78. The van der Waals surface area contributed by atoms with Crippen LogP contribution in [0.4, 0.5) is 0 Å². The van der Waals surface area contributed by atoms with Gasteiger partial charge in [0.15, 0.2) is 6.20 Å². The van der Waals surface area contributed by atoms with E-state index >= 15 is 0 Å². The Morgan fingerprint density at radius 1 is 1.54 bits per heavy atom. The monoisotopic (exact) mass is 199 g/mol. The number of nitrogens with zero attached hydrogens (tertiary/aromatic N) is 1. The van der Waals surface area contributed by atoms with E-state index in [1.54, 1.807) is 12.1 Å². The lowest BCUT2D eigenvalue weighted by molar-refractivity contribution is -0.645. The minimum absolute atomic E-state index is 0.205. The highest BCUT2D eigenvalue weighted by atomic mass is 32.2. The molecule has 4 heteroatoms. The van der Waals surface area contributed by atoms with E-state index in [-0.39, 0.29) is 6.10 Å². The maximum Gasteiger partial charge on any atom is 0.253 e. The van der Waals surface area contributed by atoms with E-state index in [0.717, 1.165) is 4.73 Å². The van der Waals surface area contributed by atoms with Crippen molar-refractivity contribution in [1.82, 2.24) is 0 Å². The highest BCUT2D eigenvalue weighted by Gasteiger charge is 2.03. The molecule has 13 heavy (non-hydrogen) atoms. The van der Waals surface area contributed by atoms with Gasteiger partial charge in [0.05, 0.1) is 6.10 Å². The Labute approximate surface area is 82.3 Å². The second kappa shape index (κ2) is 5.09. The number of thioether (sulfide) groups is 1. The Kier molecular flexibility index (Phi) is 4.05. The summed E-state index contributed by atoms with van der Waals surface area (Å²) in [7, 11) is 0. The molecule has 0 aliphatic heterocycles. The first-order chi connectivity index (χ1) is 6.20. The summed E-state index contributed by atoms with van der Waals surface area (Å²) in [6, 6.07) is 5.33. The van der Waals surface area contributed by atoms with Crippen molar-refractivity contribution < 1.29 is 9.47 Å². The lowest BCUT2D eigenvalue weighted by atomic mass is 10.5. The average molecular weight is 199 g/mol. The second-order valence-electron chi connectivity index (χ2n) is 2.84. The van der Waals surface area contributed by atoms with E-state index in [2.05, 4.69) is 0 Å². The molecule has 0 unspecified atom stereocenters. The molecule has 0 N–H and O–H groups in total. The summed E-state index contributed by atoms with van der Waals surface area (Å²) >= 11 is 1.40. The van der Waals surface area contributed by atoms with Crippen LogP contribution in [-0.2, 0) is 4.74 Å². The van der Waals surface area contributed by atoms with Crippen molar-refractivity contribution >= 4 is 11.8 Å². The van der Waals surface area contributed by atoms with Crippen LogP contribution in [0.2, 0.25) is 0 Å². The fourth-order valence-corrected chi connectivity index (χ4v) is 1.58. The van der Waals surface area contributed by atoms with Crippen LogP contribution < -0.4 is 4.73 Å². The van der Waals surface area contributed by atoms with Gasteiger partial charge in [-0.2, -0.15) is 4.73 Å². The molecular formula is C9H13NO2S. The lowest BCUT2D eigenvalue weighted by Gasteiger charge is -2.06. The molecule has 0 aliphatic rings. The predicted octanol–water partition coefficient (Wildman–Crippen LogP) is 1.79. The molecule has 0 radical (unpaired) electrons. The number of hydrogen-bond donors (Lipinski definition) is 0. The normalized spacial score (nSPS) is 10.7. The Bertz CT molecular complexity index is 266. The first kappa shape index (κ1) is 10.3. The third-order valence-corrected chi connectivity index (χ3v) is 2.26. The summed E-state index contributed by atoms with van der Waals surface area (Å²) in [5, 5.41) is 11.8. The van der Waals surface area contributed by atoms with E-state index in [9.17, 15) is 5.21 Å². The van der Waals surface area contributed by atoms with Gasteiger partial charge in [-0.15, -0.1) is 0 Å². The van der Waals surface area contributed by atoms with Gasteiger partial charge < -0.3 is 9.94 Å². The molecule has 3 nitrogen and oxygen atoms in total. The van der Waals surface area contributed by atoms with Crippen molar-refractivity contribution in [2.45, 2.75) is 25.0 Å². The largest absolute Gasteiger partial charge is 0.618 e. The van der Waals surface area contributed by atoms with Crippen molar-refractivity contribution in [1.29, 1.82) is 0 Å². The standard InChI is InChI=1S/C9H13NO2S/c1-8(2)12-7-13-9-5-3-4-6-10(9)11/h3-6,8H,7H2,1-2H3. The number of ether oxygens (including phenoxy) is 1. The Hall–Kier alpha value is -0.740. The van der Waals surface area contributed by atoms with Gasteiger partial charge >= 0.3 is 0 Å². The van der Waals surface area contributed by atoms with Crippen molar-refractivity contribution in [3.63, 3.8) is 0 Å². The zero-order valence-electron chi connectivity index (χ0n) is 7.77. The van der Waals surface area contributed by atoms with Crippen molar-refractivity contribution in [3.8, 4) is 0 Å². The van der Waals surface area contributed by atoms with Crippen molar-refractivity contribution in [3.05, 3.63) is 29.6 Å². The molecule has 1 aromatic rings. The molecule has 0 amide bonds. The van der Waals surface area contributed by atoms with Crippen LogP contribution in [0.15, 0.2) is 29.4 Å². The Morgan fingerprint density at radius 2 is 2.31 bits per heavy atom. The topological polar surface area (TPSA) is 36.2 Å². The number of hydrogen-bond acceptors (Lipinski definition) is 3. The number of pyridine rings is 1. The van der Waals surface area contributed by atoms with E-state index < -0.39 is 0 Å². The quantitative estimate of drug-likeness (QED) is 0.321. The molecule has 0 saturated heterocycles. The van der Waals surface area contributed by atoms with Crippen LogP contribution in [-0.4, -0.2) is 12.0 Å². The minimum Gasteiger partial charge on any atom is -0.618 e. The summed E-state index contributed by atoms with van der Waals surface area (Å²) in [4.78, 5) is 0. The van der Waals surface area contributed by atoms with Gasteiger partial charge in [-0.3, -0.25) is 0 Å². The average Bonchev–Trinajstić information content (AvgIpc) is 2.08. The van der Waals surface area contributed by atoms with E-state index in [1.165, 1.54) is 18.0 Å². The zero-order valence-corrected chi connectivity index (χ0v) is 8.58. The maximum atomic E-state index is 11.1. The van der Waals surface area contributed by atoms with Crippen LogP contribution in [0.25, 0.3) is 0 Å². The first-order valence-electron chi connectivity index (χ1n) is 4.12. The third-order valence-electron chi connectivity index (χ3n) is 1.40. The minimum atomic E-state index is 0.205. The molecule has 1 rings (SSSR count). The first-order valence-corrected chi connectivity index (χ1v) is 5.11. The van der Waals surface area contributed by atoms with Gasteiger partial charge in [-0.05, 0) is 31.7 Å². The van der Waals surface area contributed by atoms with Gasteiger partial charge in [0.2, 0.25) is 0 Å². The maximum absolute atomic E-state index is 11.1. The lowest BCUT2D eigenvalue weighted by Crippen LogP contribution is -2.27. The van der Waals surface area contributed by atoms with Crippen LogP contribution in [0, 0.1) is 5.21 Å².